The molecule has 166 valence electrons. The number of aliphatic imine (C=N–C) groups is 1. The second-order valence-electron chi connectivity index (χ2n) is 7.11. The molecule has 8 heteroatoms. The molecule has 0 aliphatic carbocycles. The molecule has 0 radical (unpaired) electrons. The number of guanidine groups is 1. The molecule has 1 amide bonds. The van der Waals surface area contributed by atoms with Gasteiger partial charge in [0.15, 0.2) is 24.1 Å². The number of halogens is 1. The van der Waals surface area contributed by atoms with Crippen LogP contribution in [0.15, 0.2) is 53.5 Å². The van der Waals surface area contributed by atoms with Gasteiger partial charge in [-0.1, -0.05) is 31.2 Å². The Hall–Kier alpha value is -3.29. The fraction of sp³-hybridized carbons (Fsp3) is 0.391. The lowest BCUT2D eigenvalue weighted by Gasteiger charge is -2.29. The zero-order valence-electron chi connectivity index (χ0n) is 17.9. The third-order valence-electron chi connectivity index (χ3n) is 4.97. The number of anilines is 1. The van der Waals surface area contributed by atoms with Crippen molar-refractivity contribution >= 4 is 17.6 Å². The third-order valence-corrected chi connectivity index (χ3v) is 4.97. The Morgan fingerprint density at radius 2 is 2.00 bits per heavy atom. The van der Waals surface area contributed by atoms with Gasteiger partial charge in [0.25, 0.3) is 5.91 Å². The summed E-state index contributed by atoms with van der Waals surface area (Å²) in [6.45, 7) is 3.75. The van der Waals surface area contributed by atoms with Gasteiger partial charge >= 0.3 is 0 Å². The molecule has 0 bridgehead atoms. The summed E-state index contributed by atoms with van der Waals surface area (Å²) >= 11 is 0. The first-order valence-corrected chi connectivity index (χ1v) is 10.5. The molecule has 0 saturated carbocycles. The number of hydrogen-bond acceptors (Lipinski definition) is 4. The average molecular weight is 429 g/mol. The number of ether oxygens (including phenoxy) is 2. The monoisotopic (exact) mass is 428 g/mol. The first-order chi connectivity index (χ1) is 15.1. The lowest BCUT2D eigenvalue weighted by molar-refractivity contribution is -0.121. The zero-order valence-corrected chi connectivity index (χ0v) is 17.9. The largest absolute Gasteiger partial charge is 0.486 e. The summed E-state index contributed by atoms with van der Waals surface area (Å²) in [7, 11) is 1.69. The van der Waals surface area contributed by atoms with Gasteiger partial charge in [-0.25, -0.2) is 4.39 Å². The van der Waals surface area contributed by atoms with Crippen molar-refractivity contribution in [1.82, 2.24) is 10.6 Å². The van der Waals surface area contributed by atoms with Crippen LogP contribution in [0.1, 0.15) is 19.8 Å². The summed E-state index contributed by atoms with van der Waals surface area (Å²) in [5.41, 5.74) is 0.803. The molecule has 3 rings (SSSR count). The summed E-state index contributed by atoms with van der Waals surface area (Å²) < 4.78 is 25.0. The molecule has 2 N–H and O–H groups in total. The minimum Gasteiger partial charge on any atom is -0.486 e. The van der Waals surface area contributed by atoms with E-state index < -0.39 is 0 Å². The van der Waals surface area contributed by atoms with Gasteiger partial charge in [-0.3, -0.25) is 9.79 Å². The maximum atomic E-state index is 13.8. The molecule has 0 aromatic heterocycles. The lowest BCUT2D eigenvalue weighted by atomic mass is 10.2. The zero-order chi connectivity index (χ0) is 22.1. The number of nitrogens with zero attached hydrogens (tertiary/aromatic N) is 2. The predicted molar refractivity (Wildman–Crippen MR) is 119 cm³/mol. The van der Waals surface area contributed by atoms with E-state index in [-0.39, 0.29) is 30.2 Å². The Balaban J connectivity index is 1.43. The van der Waals surface area contributed by atoms with E-state index in [1.165, 1.54) is 6.07 Å². The number of amides is 1. The van der Waals surface area contributed by atoms with Gasteiger partial charge in [0.1, 0.15) is 11.9 Å². The van der Waals surface area contributed by atoms with Crippen LogP contribution in [0.3, 0.4) is 0 Å². The maximum absolute atomic E-state index is 13.8. The quantitative estimate of drug-likeness (QED) is 0.365. The SMILES string of the molecule is CCC(CNC(=NC)NCCCN1C(=O)COc2ccccc21)Oc1ccccc1F. The van der Waals surface area contributed by atoms with E-state index in [4.69, 9.17) is 9.47 Å². The number of benzene rings is 2. The molecule has 1 aliphatic rings. The number of para-hydroxylation sites is 3. The maximum Gasteiger partial charge on any atom is 0.265 e. The molecule has 0 fully saturated rings. The van der Waals surface area contributed by atoms with Crippen molar-refractivity contribution in [3.05, 3.63) is 54.3 Å². The first kappa shape index (κ1) is 22.4. The fourth-order valence-corrected chi connectivity index (χ4v) is 3.26. The fourth-order valence-electron chi connectivity index (χ4n) is 3.26. The number of carbonyl (C=O) groups is 1. The highest BCUT2D eigenvalue weighted by atomic mass is 19.1. The summed E-state index contributed by atoms with van der Waals surface area (Å²) in [5.74, 6) is 1.19. The van der Waals surface area contributed by atoms with Gasteiger partial charge in [0, 0.05) is 20.1 Å². The van der Waals surface area contributed by atoms with Crippen LogP contribution in [0.5, 0.6) is 11.5 Å². The van der Waals surface area contributed by atoms with Crippen molar-refractivity contribution in [3.8, 4) is 11.5 Å². The van der Waals surface area contributed by atoms with Gasteiger partial charge in [-0.15, -0.1) is 0 Å². The molecular weight excluding hydrogens is 399 g/mol. The highest BCUT2D eigenvalue weighted by molar-refractivity contribution is 5.97. The van der Waals surface area contributed by atoms with Crippen molar-refractivity contribution in [1.29, 1.82) is 0 Å². The Kier molecular flexibility index (Phi) is 8.09. The van der Waals surface area contributed by atoms with Crippen LogP contribution >= 0.6 is 0 Å². The number of carbonyl (C=O) groups excluding carboxylic acids is 1. The second kappa shape index (κ2) is 11.2. The number of rotatable bonds is 9. The van der Waals surface area contributed by atoms with Crippen LogP contribution in [0, 0.1) is 5.82 Å². The molecule has 1 atom stereocenters. The van der Waals surface area contributed by atoms with E-state index >= 15 is 0 Å². The normalized spacial score (nSPS) is 14.5. The topological polar surface area (TPSA) is 75.2 Å². The lowest BCUT2D eigenvalue weighted by Crippen LogP contribution is -2.44. The van der Waals surface area contributed by atoms with E-state index in [2.05, 4.69) is 15.6 Å². The Labute approximate surface area is 182 Å². The van der Waals surface area contributed by atoms with Crippen LogP contribution in [-0.4, -0.2) is 51.3 Å². The first-order valence-electron chi connectivity index (χ1n) is 10.5. The van der Waals surface area contributed by atoms with Gasteiger partial charge in [-0.05, 0) is 37.1 Å². The second-order valence-corrected chi connectivity index (χ2v) is 7.11. The smallest absolute Gasteiger partial charge is 0.265 e. The number of nitrogens with one attached hydrogen (secondary N) is 2. The molecular formula is C23H29FN4O3. The minimum absolute atomic E-state index is 0.0442. The van der Waals surface area contributed by atoms with Crippen LogP contribution in [-0.2, 0) is 4.79 Å². The van der Waals surface area contributed by atoms with Crippen LogP contribution in [0.25, 0.3) is 0 Å². The highest BCUT2D eigenvalue weighted by Gasteiger charge is 2.24. The van der Waals surface area contributed by atoms with Crippen molar-refractivity contribution in [2.45, 2.75) is 25.9 Å². The summed E-state index contributed by atoms with van der Waals surface area (Å²) in [6, 6.07) is 13.9. The molecule has 1 aliphatic heterocycles. The van der Waals surface area contributed by atoms with Gasteiger partial charge < -0.3 is 25.0 Å². The Morgan fingerprint density at radius 3 is 2.77 bits per heavy atom. The number of hydrogen-bond donors (Lipinski definition) is 2. The van der Waals surface area contributed by atoms with Crippen LogP contribution in [0.2, 0.25) is 0 Å². The van der Waals surface area contributed by atoms with Crippen molar-refractivity contribution in [2.75, 3.05) is 38.2 Å². The average Bonchev–Trinajstić information content (AvgIpc) is 2.80. The summed E-state index contributed by atoms with van der Waals surface area (Å²) in [4.78, 5) is 18.2. The summed E-state index contributed by atoms with van der Waals surface area (Å²) in [6.07, 6.45) is 1.26. The summed E-state index contributed by atoms with van der Waals surface area (Å²) in [5, 5.41) is 6.46. The van der Waals surface area contributed by atoms with E-state index in [0.29, 0.717) is 25.6 Å². The molecule has 1 heterocycles. The van der Waals surface area contributed by atoms with E-state index in [1.807, 2.05) is 31.2 Å². The molecule has 0 saturated heterocycles. The number of fused-ring (bicyclic) bond motifs is 1. The molecule has 1 unspecified atom stereocenters. The molecule has 0 spiro atoms. The standard InChI is InChI=1S/C23H29FN4O3/c1-3-17(31-20-11-6-4-9-18(20)24)15-27-23(25-2)26-13-8-14-28-19-10-5-7-12-21(19)30-16-22(28)29/h4-7,9-12,17H,3,8,13-16H2,1-2H3,(H2,25,26,27). The Bertz CT molecular complexity index is 906. The van der Waals surface area contributed by atoms with E-state index in [9.17, 15) is 9.18 Å². The highest BCUT2D eigenvalue weighted by Crippen LogP contribution is 2.31. The van der Waals surface area contributed by atoms with Crippen LogP contribution in [0.4, 0.5) is 10.1 Å². The van der Waals surface area contributed by atoms with Gasteiger partial charge in [0.2, 0.25) is 0 Å². The Morgan fingerprint density at radius 1 is 1.23 bits per heavy atom. The predicted octanol–water partition coefficient (Wildman–Crippen LogP) is 2.96. The van der Waals surface area contributed by atoms with Crippen LogP contribution < -0.4 is 25.0 Å². The van der Waals surface area contributed by atoms with Gasteiger partial charge in [0.05, 0.1) is 12.2 Å². The van der Waals surface area contributed by atoms with E-state index in [1.54, 1.807) is 30.1 Å². The van der Waals surface area contributed by atoms with Crippen molar-refractivity contribution in [2.24, 2.45) is 4.99 Å². The van der Waals surface area contributed by atoms with Crippen molar-refractivity contribution < 1.29 is 18.7 Å². The third kappa shape index (κ3) is 6.10. The van der Waals surface area contributed by atoms with Gasteiger partial charge in [-0.2, -0.15) is 0 Å². The minimum atomic E-state index is -0.373. The molecule has 31 heavy (non-hydrogen) atoms. The van der Waals surface area contributed by atoms with Crippen molar-refractivity contribution in [3.63, 3.8) is 0 Å². The molecule has 2 aromatic carbocycles. The van der Waals surface area contributed by atoms with E-state index in [0.717, 1.165) is 24.3 Å². The molecule has 2 aromatic rings. The molecule has 7 nitrogen and oxygen atoms in total.